The number of hydrogen-bond donors (Lipinski definition) is 1. The lowest BCUT2D eigenvalue weighted by molar-refractivity contribution is -0.0320. The fraction of sp³-hybridized carbons (Fsp3) is 0.371. The van der Waals surface area contributed by atoms with Crippen molar-refractivity contribution in [1.82, 2.24) is 10.2 Å². The van der Waals surface area contributed by atoms with Crippen molar-refractivity contribution in [3.63, 3.8) is 0 Å². The van der Waals surface area contributed by atoms with Crippen molar-refractivity contribution in [2.75, 3.05) is 71.3 Å². The van der Waals surface area contributed by atoms with Crippen LogP contribution in [0.5, 0.6) is 11.5 Å². The number of fused-ring (bicyclic) bond motifs is 2. The third-order valence-electron chi connectivity index (χ3n) is 8.04. The molecule has 3 aromatic carbocycles. The molecule has 1 aliphatic heterocycles. The van der Waals surface area contributed by atoms with Crippen LogP contribution in [0.3, 0.4) is 0 Å². The number of furan rings is 1. The van der Waals surface area contributed by atoms with Gasteiger partial charge in [-0.15, -0.1) is 0 Å². The van der Waals surface area contributed by atoms with Gasteiger partial charge in [-0.1, -0.05) is 0 Å². The number of carbonyl (C=O) groups excluding carboxylic acids is 2. The van der Waals surface area contributed by atoms with E-state index in [0.717, 1.165) is 6.26 Å². The maximum atomic E-state index is 13.3. The summed E-state index contributed by atoms with van der Waals surface area (Å²) in [5.74, 6) is 0.418. The molecule has 0 spiro atoms. The van der Waals surface area contributed by atoms with Crippen molar-refractivity contribution < 1.29 is 50.5 Å². The van der Waals surface area contributed by atoms with Crippen molar-refractivity contribution in [3.8, 4) is 22.8 Å². The standard InChI is InChI=1S/C35H40FN3O10S/c1-22-28-18-29-31(49-33(32(29)34(40)37-2)23-6-10-25(11-7-23)48-26-12-8-24(36)9-13-26)19-30(28)39(50(5,42)43)20-27(47-22)21-46-35(41)38(3)14-15-45-17-16-44-4/h6-13,18-19,22,27H,14-17,20-21H2,1-5H3,(H,37,40)/t22-,27-/m0/s1. The molecular formula is C35H40FN3O10S. The summed E-state index contributed by atoms with van der Waals surface area (Å²) >= 11 is 0. The van der Waals surface area contributed by atoms with Gasteiger partial charge < -0.3 is 38.3 Å². The molecule has 1 aromatic heterocycles. The van der Waals surface area contributed by atoms with E-state index in [1.165, 1.54) is 40.5 Å². The summed E-state index contributed by atoms with van der Waals surface area (Å²) in [4.78, 5) is 27.3. The summed E-state index contributed by atoms with van der Waals surface area (Å²) in [6, 6.07) is 15.7. The maximum Gasteiger partial charge on any atom is 0.409 e. The summed E-state index contributed by atoms with van der Waals surface area (Å²) in [6.07, 6.45) is -0.996. The summed E-state index contributed by atoms with van der Waals surface area (Å²) < 4.78 is 75.0. The van der Waals surface area contributed by atoms with Crippen molar-refractivity contribution in [2.45, 2.75) is 19.1 Å². The molecule has 1 N–H and O–H groups in total. The molecule has 268 valence electrons. The highest BCUT2D eigenvalue weighted by Gasteiger charge is 2.34. The number of ether oxygens (including phenoxy) is 5. The molecular weight excluding hydrogens is 673 g/mol. The second-order valence-corrected chi connectivity index (χ2v) is 13.6. The van der Waals surface area contributed by atoms with Crippen LogP contribution < -0.4 is 14.4 Å². The minimum atomic E-state index is -3.85. The molecule has 0 fully saturated rings. The third-order valence-corrected chi connectivity index (χ3v) is 9.18. The minimum Gasteiger partial charge on any atom is -0.457 e. The molecule has 0 saturated heterocycles. The van der Waals surface area contributed by atoms with Gasteiger partial charge in [0, 0.05) is 50.3 Å². The molecule has 4 aromatic rings. The Morgan fingerprint density at radius 3 is 2.36 bits per heavy atom. The van der Waals surface area contributed by atoms with E-state index in [4.69, 9.17) is 28.1 Å². The quantitative estimate of drug-likeness (QED) is 0.180. The average Bonchev–Trinajstić information content (AvgIpc) is 3.40. The number of methoxy groups -OCH3 is 1. The Labute approximate surface area is 289 Å². The first-order valence-electron chi connectivity index (χ1n) is 15.8. The van der Waals surface area contributed by atoms with E-state index in [2.05, 4.69) is 5.32 Å². The van der Waals surface area contributed by atoms with E-state index in [1.54, 1.807) is 57.5 Å². The minimum absolute atomic E-state index is 0.135. The number of halogens is 1. The van der Waals surface area contributed by atoms with Crippen LogP contribution in [0, 0.1) is 5.82 Å². The first-order chi connectivity index (χ1) is 23.9. The van der Waals surface area contributed by atoms with Crippen molar-refractivity contribution >= 4 is 38.7 Å². The Kier molecular flexibility index (Phi) is 11.6. The second kappa shape index (κ2) is 15.9. The highest BCUT2D eigenvalue weighted by Crippen LogP contribution is 2.42. The number of rotatable bonds is 13. The van der Waals surface area contributed by atoms with E-state index >= 15 is 0 Å². The molecule has 15 heteroatoms. The number of nitrogens with one attached hydrogen (secondary N) is 1. The van der Waals surface area contributed by atoms with Crippen molar-refractivity contribution in [3.05, 3.63) is 77.6 Å². The van der Waals surface area contributed by atoms with Gasteiger partial charge in [0.15, 0.2) is 0 Å². The van der Waals surface area contributed by atoms with Gasteiger partial charge >= 0.3 is 6.09 Å². The normalized spacial score (nSPS) is 16.1. The van der Waals surface area contributed by atoms with Gasteiger partial charge in [0.2, 0.25) is 10.0 Å². The van der Waals surface area contributed by atoms with Crippen LogP contribution in [-0.2, 0) is 29.0 Å². The molecule has 13 nitrogen and oxygen atoms in total. The molecule has 0 unspecified atom stereocenters. The molecule has 1 aliphatic rings. The molecule has 0 aliphatic carbocycles. The van der Waals surface area contributed by atoms with Gasteiger partial charge in [-0.2, -0.15) is 0 Å². The summed E-state index contributed by atoms with van der Waals surface area (Å²) in [5.41, 5.74) is 1.92. The fourth-order valence-electron chi connectivity index (χ4n) is 5.46. The molecule has 2 amide bonds. The number of anilines is 1. The zero-order chi connectivity index (χ0) is 36.0. The monoisotopic (exact) mass is 713 g/mol. The van der Waals surface area contributed by atoms with Crippen LogP contribution in [0.2, 0.25) is 0 Å². The molecule has 0 radical (unpaired) electrons. The maximum absolute atomic E-state index is 13.3. The number of amides is 2. The Balaban J connectivity index is 1.41. The number of nitrogens with zero attached hydrogens (tertiary/aromatic N) is 2. The van der Waals surface area contributed by atoms with Gasteiger partial charge in [-0.25, -0.2) is 17.6 Å². The predicted molar refractivity (Wildman–Crippen MR) is 184 cm³/mol. The Hall–Kier alpha value is -4.70. The summed E-state index contributed by atoms with van der Waals surface area (Å²) in [7, 11) is 0.791. The lowest BCUT2D eigenvalue weighted by Crippen LogP contribution is -2.40. The first-order valence-corrected chi connectivity index (χ1v) is 17.7. The molecule has 0 saturated carbocycles. The number of carbonyl (C=O) groups is 2. The van der Waals surface area contributed by atoms with E-state index < -0.39 is 34.2 Å². The highest BCUT2D eigenvalue weighted by atomic mass is 32.2. The van der Waals surface area contributed by atoms with E-state index in [9.17, 15) is 22.4 Å². The fourth-order valence-corrected chi connectivity index (χ4v) is 6.42. The average molecular weight is 714 g/mol. The van der Waals surface area contributed by atoms with E-state index in [1.807, 2.05) is 0 Å². The molecule has 2 atom stereocenters. The number of likely N-dealkylation sites (N-methyl/N-ethyl adjacent to an activating group) is 1. The lowest BCUT2D eigenvalue weighted by Gasteiger charge is -2.25. The zero-order valence-corrected chi connectivity index (χ0v) is 29.3. The van der Waals surface area contributed by atoms with Crippen molar-refractivity contribution in [2.24, 2.45) is 0 Å². The largest absolute Gasteiger partial charge is 0.457 e. The zero-order valence-electron chi connectivity index (χ0n) is 28.4. The van der Waals surface area contributed by atoms with Crippen LogP contribution >= 0.6 is 0 Å². The Morgan fingerprint density at radius 1 is 1.04 bits per heavy atom. The van der Waals surface area contributed by atoms with Crippen LogP contribution in [0.4, 0.5) is 14.9 Å². The molecule has 0 bridgehead atoms. The van der Waals surface area contributed by atoms with Gasteiger partial charge in [0.1, 0.15) is 41.4 Å². The first kappa shape index (κ1) is 36.6. The Bertz CT molecular complexity index is 1920. The Morgan fingerprint density at radius 2 is 1.72 bits per heavy atom. The summed E-state index contributed by atoms with van der Waals surface area (Å²) in [5, 5.41) is 3.11. The third kappa shape index (κ3) is 8.53. The molecule has 50 heavy (non-hydrogen) atoms. The predicted octanol–water partition coefficient (Wildman–Crippen LogP) is 5.35. The van der Waals surface area contributed by atoms with Gasteiger partial charge in [0.25, 0.3) is 5.91 Å². The second-order valence-electron chi connectivity index (χ2n) is 11.7. The van der Waals surface area contributed by atoms with Crippen molar-refractivity contribution in [1.29, 1.82) is 0 Å². The molecule has 5 rings (SSSR count). The van der Waals surface area contributed by atoms with Crippen LogP contribution in [0.1, 0.15) is 28.9 Å². The van der Waals surface area contributed by atoms with E-state index in [0.29, 0.717) is 53.5 Å². The number of sulfonamides is 1. The molecule has 2 heterocycles. The topological polar surface area (TPSA) is 146 Å². The highest BCUT2D eigenvalue weighted by molar-refractivity contribution is 7.92. The van der Waals surface area contributed by atoms with Gasteiger partial charge in [0.05, 0.1) is 50.0 Å². The SMILES string of the molecule is CNC(=O)c1c(-c2ccc(Oc3ccc(F)cc3)cc2)oc2cc3c(cc12)[C@H](C)O[C@H](COC(=O)N(C)CCOCCOC)CN3S(C)(=O)=O. The van der Waals surface area contributed by atoms with E-state index in [-0.39, 0.29) is 42.4 Å². The lowest BCUT2D eigenvalue weighted by atomic mass is 10.0. The van der Waals surface area contributed by atoms with Crippen LogP contribution in [0.15, 0.2) is 65.1 Å². The summed E-state index contributed by atoms with van der Waals surface area (Å²) in [6.45, 7) is 2.83. The number of benzene rings is 3. The van der Waals surface area contributed by atoms with Gasteiger partial charge in [-0.05, 0) is 61.5 Å². The van der Waals surface area contributed by atoms with Crippen LogP contribution in [0.25, 0.3) is 22.3 Å². The van der Waals surface area contributed by atoms with Gasteiger partial charge in [-0.3, -0.25) is 9.10 Å². The van der Waals surface area contributed by atoms with Crippen LogP contribution in [-0.4, -0.2) is 98.4 Å². The number of hydrogen-bond acceptors (Lipinski definition) is 10. The smallest absolute Gasteiger partial charge is 0.409 e.